The first-order valence-corrected chi connectivity index (χ1v) is 9.51. The Morgan fingerprint density at radius 3 is 2.25 bits per heavy atom. The Balaban J connectivity index is 1.68. The molecule has 1 aromatic heterocycles. The number of hydrogen-bond donors (Lipinski definition) is 0. The van der Waals surface area contributed by atoms with Gasteiger partial charge in [-0.3, -0.25) is 0 Å². The maximum atomic E-state index is 5.77. The first kappa shape index (κ1) is 17.2. The van der Waals surface area contributed by atoms with E-state index in [0.29, 0.717) is 11.1 Å². The van der Waals surface area contributed by atoms with E-state index >= 15 is 0 Å². The van der Waals surface area contributed by atoms with Gasteiger partial charge in [0.25, 0.3) is 5.22 Å². The summed E-state index contributed by atoms with van der Waals surface area (Å²) in [6, 6.07) is 16.5. The highest BCUT2D eigenvalue weighted by molar-refractivity contribution is 9.10. The van der Waals surface area contributed by atoms with Crippen LogP contribution in [-0.4, -0.2) is 10.2 Å². The van der Waals surface area contributed by atoms with Crippen LogP contribution < -0.4 is 0 Å². The third-order valence-corrected chi connectivity index (χ3v) is 5.10. The summed E-state index contributed by atoms with van der Waals surface area (Å²) in [7, 11) is 0. The fraction of sp³-hybridized carbons (Fsp3) is 0.263. The SMILES string of the molecule is CC(C)(C)c1ccc(-c2nnc(SCc3ccc(Br)cc3)o2)cc1. The molecule has 5 heteroatoms. The number of rotatable bonds is 4. The van der Waals surface area contributed by atoms with Crippen molar-refractivity contribution in [3.05, 3.63) is 64.1 Å². The molecule has 0 aliphatic rings. The van der Waals surface area contributed by atoms with Crippen LogP contribution in [0.15, 0.2) is 62.6 Å². The van der Waals surface area contributed by atoms with Crippen molar-refractivity contribution in [3.8, 4) is 11.5 Å². The molecule has 0 spiro atoms. The molecular weight excluding hydrogens is 384 g/mol. The van der Waals surface area contributed by atoms with E-state index in [1.165, 1.54) is 11.1 Å². The average molecular weight is 403 g/mol. The Labute approximate surface area is 155 Å². The van der Waals surface area contributed by atoms with Gasteiger partial charge in [-0.25, -0.2) is 0 Å². The lowest BCUT2D eigenvalue weighted by atomic mass is 9.87. The molecule has 0 N–H and O–H groups in total. The van der Waals surface area contributed by atoms with Gasteiger partial charge in [0.15, 0.2) is 0 Å². The van der Waals surface area contributed by atoms with Crippen molar-refractivity contribution in [1.82, 2.24) is 10.2 Å². The number of nitrogens with zero attached hydrogens (tertiary/aromatic N) is 2. The van der Waals surface area contributed by atoms with Crippen molar-refractivity contribution >= 4 is 27.7 Å². The molecule has 0 amide bonds. The Hall–Kier alpha value is -1.59. The van der Waals surface area contributed by atoms with Gasteiger partial charge in [0.1, 0.15) is 0 Å². The van der Waals surface area contributed by atoms with Crippen molar-refractivity contribution in [2.24, 2.45) is 0 Å². The van der Waals surface area contributed by atoms with Gasteiger partial charge >= 0.3 is 0 Å². The molecule has 0 unspecified atom stereocenters. The zero-order valence-electron chi connectivity index (χ0n) is 13.9. The number of halogens is 1. The maximum Gasteiger partial charge on any atom is 0.277 e. The minimum atomic E-state index is 0.138. The summed E-state index contributed by atoms with van der Waals surface area (Å²) in [5, 5.41) is 8.88. The smallest absolute Gasteiger partial charge is 0.277 e. The summed E-state index contributed by atoms with van der Waals surface area (Å²) in [5.74, 6) is 1.37. The highest BCUT2D eigenvalue weighted by atomic mass is 79.9. The highest BCUT2D eigenvalue weighted by Gasteiger charge is 2.14. The summed E-state index contributed by atoms with van der Waals surface area (Å²) >= 11 is 4.99. The largest absolute Gasteiger partial charge is 0.411 e. The predicted molar refractivity (Wildman–Crippen MR) is 102 cm³/mol. The number of thioether (sulfide) groups is 1. The van der Waals surface area contributed by atoms with Gasteiger partial charge < -0.3 is 4.42 Å². The van der Waals surface area contributed by atoms with E-state index in [2.05, 4.69) is 71.2 Å². The second-order valence-electron chi connectivity index (χ2n) is 6.62. The van der Waals surface area contributed by atoms with E-state index in [-0.39, 0.29) is 5.41 Å². The molecular formula is C19H19BrN2OS. The number of hydrogen-bond acceptors (Lipinski definition) is 4. The lowest BCUT2D eigenvalue weighted by Gasteiger charge is -2.18. The van der Waals surface area contributed by atoms with Crippen molar-refractivity contribution in [2.45, 2.75) is 37.2 Å². The standard InChI is InChI=1S/C19H19BrN2OS/c1-19(2,3)15-8-6-14(7-9-15)17-21-22-18(23-17)24-12-13-4-10-16(20)11-5-13/h4-11H,12H2,1-3H3. The monoisotopic (exact) mass is 402 g/mol. The van der Waals surface area contributed by atoms with Crippen molar-refractivity contribution in [2.75, 3.05) is 0 Å². The molecule has 3 rings (SSSR count). The van der Waals surface area contributed by atoms with Gasteiger partial charge in [0.2, 0.25) is 5.89 Å². The third kappa shape index (κ3) is 4.28. The molecule has 3 nitrogen and oxygen atoms in total. The molecule has 0 saturated heterocycles. The molecule has 0 aliphatic carbocycles. The first-order valence-electron chi connectivity index (χ1n) is 7.73. The van der Waals surface area contributed by atoms with Crippen LogP contribution in [0.2, 0.25) is 0 Å². The molecule has 24 heavy (non-hydrogen) atoms. The minimum absolute atomic E-state index is 0.138. The summed E-state index contributed by atoms with van der Waals surface area (Å²) in [5.41, 5.74) is 3.60. The minimum Gasteiger partial charge on any atom is -0.411 e. The van der Waals surface area contributed by atoms with Gasteiger partial charge in [-0.2, -0.15) is 0 Å². The zero-order valence-corrected chi connectivity index (χ0v) is 16.3. The molecule has 3 aromatic rings. The number of benzene rings is 2. The van der Waals surface area contributed by atoms with E-state index in [0.717, 1.165) is 15.8 Å². The van der Waals surface area contributed by atoms with Gasteiger partial charge in [-0.15, -0.1) is 10.2 Å². The van der Waals surface area contributed by atoms with E-state index in [9.17, 15) is 0 Å². The molecule has 0 saturated carbocycles. The second kappa shape index (κ2) is 7.11. The van der Waals surface area contributed by atoms with Crippen molar-refractivity contribution < 1.29 is 4.42 Å². The fourth-order valence-electron chi connectivity index (χ4n) is 2.22. The fourth-order valence-corrected chi connectivity index (χ4v) is 3.21. The zero-order chi connectivity index (χ0) is 17.2. The highest BCUT2D eigenvalue weighted by Crippen LogP contribution is 2.28. The van der Waals surface area contributed by atoms with Crippen LogP contribution in [0.3, 0.4) is 0 Å². The molecule has 0 atom stereocenters. The summed E-state index contributed by atoms with van der Waals surface area (Å²) in [6.45, 7) is 6.60. The van der Waals surface area contributed by atoms with E-state index < -0.39 is 0 Å². The Morgan fingerprint density at radius 1 is 0.958 bits per heavy atom. The van der Waals surface area contributed by atoms with Crippen LogP contribution in [0.5, 0.6) is 0 Å². The lowest BCUT2D eigenvalue weighted by Crippen LogP contribution is -2.10. The van der Waals surface area contributed by atoms with E-state index in [1.807, 2.05) is 24.3 Å². The number of aromatic nitrogens is 2. The van der Waals surface area contributed by atoms with Crippen LogP contribution in [0.1, 0.15) is 31.9 Å². The third-order valence-electron chi connectivity index (χ3n) is 3.68. The Kier molecular flexibility index (Phi) is 5.11. The van der Waals surface area contributed by atoms with Crippen LogP contribution in [0, 0.1) is 0 Å². The van der Waals surface area contributed by atoms with Crippen LogP contribution in [-0.2, 0) is 11.2 Å². The molecule has 2 aromatic carbocycles. The van der Waals surface area contributed by atoms with Crippen LogP contribution >= 0.6 is 27.7 Å². The second-order valence-corrected chi connectivity index (χ2v) is 8.46. The van der Waals surface area contributed by atoms with Gasteiger partial charge in [0.05, 0.1) is 0 Å². The quantitative estimate of drug-likeness (QED) is 0.494. The summed E-state index contributed by atoms with van der Waals surface area (Å²) < 4.78 is 6.85. The Morgan fingerprint density at radius 2 is 1.62 bits per heavy atom. The van der Waals surface area contributed by atoms with Crippen molar-refractivity contribution in [1.29, 1.82) is 0 Å². The van der Waals surface area contributed by atoms with Gasteiger partial charge in [-0.05, 0) is 40.8 Å². The van der Waals surface area contributed by atoms with Gasteiger partial charge in [-0.1, -0.05) is 72.7 Å². The molecule has 0 fully saturated rings. The molecule has 1 heterocycles. The van der Waals surface area contributed by atoms with E-state index in [4.69, 9.17) is 4.42 Å². The topological polar surface area (TPSA) is 38.9 Å². The van der Waals surface area contributed by atoms with Crippen LogP contribution in [0.25, 0.3) is 11.5 Å². The lowest BCUT2D eigenvalue weighted by molar-refractivity contribution is 0.466. The normalized spacial score (nSPS) is 11.7. The Bertz CT molecular complexity index is 805. The van der Waals surface area contributed by atoms with Crippen LogP contribution in [0.4, 0.5) is 0 Å². The molecule has 0 radical (unpaired) electrons. The average Bonchev–Trinajstić information content (AvgIpc) is 3.03. The molecule has 0 aliphatic heterocycles. The van der Waals surface area contributed by atoms with Crippen molar-refractivity contribution in [3.63, 3.8) is 0 Å². The van der Waals surface area contributed by atoms with E-state index in [1.54, 1.807) is 11.8 Å². The summed E-state index contributed by atoms with van der Waals surface area (Å²) in [4.78, 5) is 0. The molecule has 124 valence electrons. The predicted octanol–water partition coefficient (Wildman–Crippen LogP) is 6.09. The molecule has 0 bridgehead atoms. The summed E-state index contributed by atoms with van der Waals surface area (Å²) in [6.07, 6.45) is 0. The maximum absolute atomic E-state index is 5.77. The first-order chi connectivity index (χ1) is 11.4. The van der Waals surface area contributed by atoms with Gasteiger partial charge in [0, 0.05) is 15.8 Å².